The Morgan fingerprint density at radius 1 is 1.83 bits per heavy atom. The zero-order chi connectivity index (χ0) is 4.83. The predicted molar refractivity (Wildman–Crippen MR) is 21.3 cm³/mol. The van der Waals surface area contributed by atoms with E-state index in [1.807, 2.05) is 6.11 Å². The Morgan fingerprint density at radius 2 is 2.50 bits per heavy atom. The molecular weight excluding hydrogens is 80.0 g/mol. The Morgan fingerprint density at radius 3 is 2.67 bits per heavy atom. The highest BCUT2D eigenvalue weighted by Gasteiger charge is 1.60. The first-order valence-corrected chi connectivity index (χ1v) is 1.67. The van der Waals surface area contributed by atoms with Gasteiger partial charge in [-0.25, -0.2) is 0 Å². The van der Waals surface area contributed by atoms with Crippen LogP contribution in [0.1, 0.15) is 6.92 Å². The molecule has 0 aliphatic carbocycles. The van der Waals surface area contributed by atoms with Gasteiger partial charge in [0.2, 0.25) is 0 Å². The number of aliphatic hydroxyl groups is 1. The van der Waals surface area contributed by atoms with E-state index < -0.39 is 0 Å². The molecule has 0 heterocycles. The molecule has 0 radical (unpaired) electrons. The van der Waals surface area contributed by atoms with E-state index in [1.165, 1.54) is 0 Å². The van der Waals surface area contributed by atoms with Crippen molar-refractivity contribution >= 4 is 0 Å². The predicted octanol–water partition coefficient (Wildman–Crippen LogP) is 0.314. The van der Waals surface area contributed by atoms with Gasteiger partial charge < -0.3 is 9.84 Å². The van der Waals surface area contributed by atoms with Gasteiger partial charge in [0.25, 0.3) is 0 Å². The van der Waals surface area contributed by atoms with Gasteiger partial charge in [0.15, 0.2) is 12.2 Å². The number of rotatable bonds is 1. The third kappa shape index (κ3) is 3.16. The van der Waals surface area contributed by atoms with Gasteiger partial charge in [0.1, 0.15) is 0 Å². The minimum Gasteiger partial charge on any atom is -0.460 e. The SMILES string of the molecule is CCOC#CO. The molecule has 0 fully saturated rings. The lowest BCUT2D eigenvalue weighted by Gasteiger charge is -1.80. The molecule has 2 heteroatoms. The van der Waals surface area contributed by atoms with Crippen molar-refractivity contribution in [2.24, 2.45) is 0 Å². The molecule has 0 saturated heterocycles. The van der Waals surface area contributed by atoms with Crippen LogP contribution in [0, 0.1) is 12.2 Å². The summed E-state index contributed by atoms with van der Waals surface area (Å²) in [4.78, 5) is 0. The standard InChI is InChI=1S/C4H6O2/c1-2-6-4-3-5/h5H,2H2,1H3. The maximum Gasteiger partial charge on any atom is 0.154 e. The average Bonchev–Trinajstić information content (AvgIpc) is 1.61. The van der Waals surface area contributed by atoms with Crippen LogP contribution in [0.5, 0.6) is 0 Å². The summed E-state index contributed by atoms with van der Waals surface area (Å²) >= 11 is 0. The molecule has 0 amide bonds. The van der Waals surface area contributed by atoms with Crippen LogP contribution in [-0.2, 0) is 4.74 Å². The van der Waals surface area contributed by atoms with Crippen LogP contribution in [0.15, 0.2) is 0 Å². The Labute approximate surface area is 36.7 Å². The van der Waals surface area contributed by atoms with Gasteiger partial charge in [-0.2, -0.15) is 0 Å². The molecule has 0 bridgehead atoms. The van der Waals surface area contributed by atoms with E-state index in [0.29, 0.717) is 6.61 Å². The molecule has 0 unspecified atom stereocenters. The van der Waals surface area contributed by atoms with Crippen LogP contribution < -0.4 is 0 Å². The van der Waals surface area contributed by atoms with Gasteiger partial charge in [-0.3, -0.25) is 0 Å². The number of ether oxygens (including phenoxy) is 1. The minimum atomic E-state index is 0.521. The molecule has 0 aliphatic rings. The summed E-state index contributed by atoms with van der Waals surface area (Å²) in [5.41, 5.74) is 0. The van der Waals surface area contributed by atoms with Crippen LogP contribution in [0.2, 0.25) is 0 Å². The lowest BCUT2D eigenvalue weighted by molar-refractivity contribution is 0.293. The fourth-order valence-corrected chi connectivity index (χ4v) is 0.104. The molecule has 2 nitrogen and oxygen atoms in total. The van der Waals surface area contributed by atoms with Gasteiger partial charge in [0.05, 0.1) is 6.61 Å². The summed E-state index contributed by atoms with van der Waals surface area (Å²) < 4.78 is 4.37. The Hall–Kier alpha value is -0.840. The van der Waals surface area contributed by atoms with Gasteiger partial charge in [0, 0.05) is 0 Å². The first-order valence-electron chi connectivity index (χ1n) is 1.67. The largest absolute Gasteiger partial charge is 0.460 e. The molecule has 0 aromatic rings. The third-order valence-electron chi connectivity index (χ3n) is 0.262. The summed E-state index contributed by atoms with van der Waals surface area (Å²) in [5, 5.41) is 7.71. The van der Waals surface area contributed by atoms with E-state index in [0.717, 1.165) is 0 Å². The van der Waals surface area contributed by atoms with Crippen molar-refractivity contribution in [2.45, 2.75) is 6.92 Å². The van der Waals surface area contributed by atoms with Crippen molar-refractivity contribution in [2.75, 3.05) is 6.61 Å². The summed E-state index contributed by atoms with van der Waals surface area (Å²) in [6.45, 7) is 2.32. The average molecular weight is 86.1 g/mol. The molecule has 0 atom stereocenters. The maximum absolute atomic E-state index is 7.71. The third-order valence-corrected chi connectivity index (χ3v) is 0.262. The second-order valence-corrected chi connectivity index (χ2v) is 0.647. The van der Waals surface area contributed by atoms with E-state index in [1.54, 1.807) is 13.0 Å². The van der Waals surface area contributed by atoms with Crippen molar-refractivity contribution < 1.29 is 9.84 Å². The van der Waals surface area contributed by atoms with Crippen LogP contribution in [-0.4, -0.2) is 11.7 Å². The fourth-order valence-electron chi connectivity index (χ4n) is 0.104. The molecule has 0 aromatic carbocycles. The van der Waals surface area contributed by atoms with E-state index >= 15 is 0 Å². The van der Waals surface area contributed by atoms with E-state index in [2.05, 4.69) is 4.74 Å². The molecule has 0 aliphatic heterocycles. The second kappa shape index (κ2) is 4.16. The van der Waals surface area contributed by atoms with Crippen LogP contribution >= 0.6 is 0 Å². The molecule has 0 rings (SSSR count). The van der Waals surface area contributed by atoms with Gasteiger partial charge >= 0.3 is 0 Å². The zero-order valence-electron chi connectivity index (χ0n) is 3.56. The highest BCUT2D eigenvalue weighted by molar-refractivity contribution is 4.76. The lowest BCUT2D eigenvalue weighted by atomic mass is 10.9. The highest BCUT2D eigenvalue weighted by atomic mass is 16.5. The van der Waals surface area contributed by atoms with Crippen molar-refractivity contribution in [1.82, 2.24) is 0 Å². The number of hydrogen-bond acceptors (Lipinski definition) is 2. The van der Waals surface area contributed by atoms with E-state index in [9.17, 15) is 0 Å². The molecule has 0 spiro atoms. The molecule has 1 N–H and O–H groups in total. The van der Waals surface area contributed by atoms with Gasteiger partial charge in [-0.05, 0) is 6.92 Å². The zero-order valence-corrected chi connectivity index (χ0v) is 3.56. The van der Waals surface area contributed by atoms with Crippen molar-refractivity contribution in [1.29, 1.82) is 0 Å². The van der Waals surface area contributed by atoms with Crippen molar-refractivity contribution in [3.8, 4) is 12.2 Å². The molecular formula is C4H6O2. The molecule has 0 aromatic heterocycles. The Balaban J connectivity index is 2.79. The first kappa shape index (κ1) is 5.16. The van der Waals surface area contributed by atoms with Crippen molar-refractivity contribution in [3.63, 3.8) is 0 Å². The van der Waals surface area contributed by atoms with E-state index in [-0.39, 0.29) is 0 Å². The number of hydrogen-bond donors (Lipinski definition) is 1. The lowest BCUT2D eigenvalue weighted by Crippen LogP contribution is -1.75. The summed E-state index contributed by atoms with van der Waals surface area (Å²) in [6, 6.07) is 0. The van der Waals surface area contributed by atoms with Crippen molar-refractivity contribution in [3.05, 3.63) is 0 Å². The van der Waals surface area contributed by atoms with Gasteiger partial charge in [-0.1, -0.05) is 0 Å². The van der Waals surface area contributed by atoms with Crippen LogP contribution in [0.4, 0.5) is 0 Å². The fraction of sp³-hybridized carbons (Fsp3) is 0.500. The Kier molecular flexibility index (Phi) is 3.58. The molecule has 6 heavy (non-hydrogen) atoms. The smallest absolute Gasteiger partial charge is 0.154 e. The second-order valence-electron chi connectivity index (χ2n) is 0.647. The van der Waals surface area contributed by atoms with Crippen LogP contribution in [0.3, 0.4) is 0 Å². The molecule has 34 valence electrons. The summed E-state index contributed by atoms with van der Waals surface area (Å²) in [5.74, 6) is 0. The normalized spacial score (nSPS) is 5.50. The quantitative estimate of drug-likeness (QED) is 0.465. The van der Waals surface area contributed by atoms with E-state index in [4.69, 9.17) is 5.11 Å². The summed E-state index contributed by atoms with van der Waals surface area (Å²) in [6.07, 6.45) is 3.60. The summed E-state index contributed by atoms with van der Waals surface area (Å²) in [7, 11) is 0. The highest BCUT2D eigenvalue weighted by Crippen LogP contribution is 1.60. The number of aliphatic hydroxyl groups excluding tert-OH is 1. The Bertz CT molecular complexity index is 67.4. The first-order chi connectivity index (χ1) is 2.91. The topological polar surface area (TPSA) is 29.5 Å². The van der Waals surface area contributed by atoms with Gasteiger partial charge in [-0.15, -0.1) is 0 Å². The van der Waals surface area contributed by atoms with Crippen LogP contribution in [0.25, 0.3) is 0 Å². The monoisotopic (exact) mass is 86.0 g/mol. The molecule has 0 saturated carbocycles. The minimum absolute atomic E-state index is 0.521. The maximum atomic E-state index is 7.71.